The third kappa shape index (κ3) is 11.4. The van der Waals surface area contributed by atoms with Gasteiger partial charge >= 0.3 is 24.0 Å². The molecule has 0 spiro atoms. The van der Waals surface area contributed by atoms with Crippen molar-refractivity contribution in [2.75, 3.05) is 7.11 Å². The molecule has 2 unspecified atom stereocenters. The molecule has 11 heteroatoms. The van der Waals surface area contributed by atoms with E-state index in [-0.39, 0.29) is 19.3 Å². The highest BCUT2D eigenvalue weighted by Gasteiger charge is 2.29. The van der Waals surface area contributed by atoms with E-state index in [1.165, 1.54) is 0 Å². The molecule has 0 aliphatic rings. The standard InChI is InChI=1S/C16H26N2O9/c1-16(2,3)27-15(25)18-9(6-8-12(21)26-4)13(22)17-10(14(23)24)5-7-11(19)20/h9-10H,5-8H2,1-4H3,(H,17,22)(H,18,25)(H,19,20)(H,23,24). The summed E-state index contributed by atoms with van der Waals surface area (Å²) in [5.41, 5.74) is -0.835. The Kier molecular flexibility index (Phi) is 9.83. The first-order valence-electron chi connectivity index (χ1n) is 8.17. The number of hydrogen-bond acceptors (Lipinski definition) is 7. The summed E-state index contributed by atoms with van der Waals surface area (Å²) < 4.78 is 9.52. The van der Waals surface area contributed by atoms with E-state index in [0.29, 0.717) is 0 Å². The van der Waals surface area contributed by atoms with E-state index in [2.05, 4.69) is 15.4 Å². The number of carboxylic acids is 2. The van der Waals surface area contributed by atoms with Gasteiger partial charge in [0.2, 0.25) is 5.91 Å². The van der Waals surface area contributed by atoms with Gasteiger partial charge in [0.1, 0.15) is 17.7 Å². The summed E-state index contributed by atoms with van der Waals surface area (Å²) in [6, 6.07) is -2.74. The summed E-state index contributed by atoms with van der Waals surface area (Å²) in [5.74, 6) is -4.15. The maximum absolute atomic E-state index is 12.4. The van der Waals surface area contributed by atoms with Gasteiger partial charge in [0.15, 0.2) is 0 Å². The van der Waals surface area contributed by atoms with E-state index in [9.17, 15) is 24.0 Å². The SMILES string of the molecule is COC(=O)CCC(NC(=O)OC(C)(C)C)C(=O)NC(CCC(=O)O)C(=O)O. The number of nitrogens with one attached hydrogen (secondary N) is 2. The number of rotatable bonds is 10. The number of methoxy groups -OCH3 is 1. The van der Waals surface area contributed by atoms with Gasteiger partial charge in [-0.3, -0.25) is 14.4 Å². The van der Waals surface area contributed by atoms with E-state index in [0.717, 1.165) is 7.11 Å². The number of amides is 2. The normalized spacial score (nSPS) is 13.0. The van der Waals surface area contributed by atoms with Crippen molar-refractivity contribution in [3.63, 3.8) is 0 Å². The molecule has 0 radical (unpaired) electrons. The smallest absolute Gasteiger partial charge is 0.408 e. The Balaban J connectivity index is 5.11. The molecular formula is C16H26N2O9. The summed E-state index contributed by atoms with van der Waals surface area (Å²) in [7, 11) is 1.16. The summed E-state index contributed by atoms with van der Waals surface area (Å²) in [4.78, 5) is 57.4. The van der Waals surface area contributed by atoms with E-state index in [1.807, 2.05) is 0 Å². The first-order valence-corrected chi connectivity index (χ1v) is 8.17. The molecule has 2 amide bonds. The molecule has 0 saturated carbocycles. The minimum atomic E-state index is -1.46. The second-order valence-electron chi connectivity index (χ2n) is 6.65. The number of carbonyl (C=O) groups is 5. The second-order valence-corrected chi connectivity index (χ2v) is 6.65. The van der Waals surface area contributed by atoms with Crippen LogP contribution >= 0.6 is 0 Å². The van der Waals surface area contributed by atoms with Gasteiger partial charge in [0.25, 0.3) is 0 Å². The third-order valence-electron chi connectivity index (χ3n) is 3.13. The van der Waals surface area contributed by atoms with Crippen LogP contribution in [0.5, 0.6) is 0 Å². The molecule has 0 aromatic heterocycles. The Hall–Kier alpha value is -2.85. The molecule has 11 nitrogen and oxygen atoms in total. The molecule has 4 N–H and O–H groups in total. The van der Waals surface area contributed by atoms with Gasteiger partial charge in [0.05, 0.1) is 7.11 Å². The van der Waals surface area contributed by atoms with Gasteiger partial charge in [-0.1, -0.05) is 0 Å². The third-order valence-corrected chi connectivity index (χ3v) is 3.13. The predicted molar refractivity (Wildman–Crippen MR) is 90.8 cm³/mol. The zero-order valence-electron chi connectivity index (χ0n) is 15.7. The lowest BCUT2D eigenvalue weighted by atomic mass is 10.1. The molecular weight excluding hydrogens is 364 g/mol. The minimum absolute atomic E-state index is 0.164. The molecule has 0 aromatic rings. The lowest BCUT2D eigenvalue weighted by Crippen LogP contribution is -2.52. The van der Waals surface area contributed by atoms with Crippen molar-refractivity contribution >= 4 is 29.9 Å². The van der Waals surface area contributed by atoms with Crippen LogP contribution in [-0.2, 0) is 28.7 Å². The van der Waals surface area contributed by atoms with Crippen LogP contribution in [0.1, 0.15) is 46.5 Å². The first-order chi connectivity index (χ1) is 12.4. The lowest BCUT2D eigenvalue weighted by molar-refractivity contribution is -0.144. The molecule has 2 atom stereocenters. The monoisotopic (exact) mass is 390 g/mol. The molecule has 0 fully saturated rings. The maximum Gasteiger partial charge on any atom is 0.408 e. The van der Waals surface area contributed by atoms with Crippen LogP contribution in [0.25, 0.3) is 0 Å². The molecule has 27 heavy (non-hydrogen) atoms. The molecule has 0 aromatic carbocycles. The Morgan fingerprint density at radius 3 is 1.93 bits per heavy atom. The Morgan fingerprint density at radius 1 is 0.926 bits per heavy atom. The van der Waals surface area contributed by atoms with Gasteiger partial charge in [-0.25, -0.2) is 9.59 Å². The molecule has 0 rings (SSSR count). The lowest BCUT2D eigenvalue weighted by Gasteiger charge is -2.24. The van der Waals surface area contributed by atoms with Crippen LogP contribution in [0.3, 0.4) is 0 Å². The largest absolute Gasteiger partial charge is 0.481 e. The first kappa shape index (κ1) is 24.1. The van der Waals surface area contributed by atoms with Crippen molar-refractivity contribution in [3.05, 3.63) is 0 Å². The number of ether oxygens (including phenoxy) is 2. The minimum Gasteiger partial charge on any atom is -0.481 e. The van der Waals surface area contributed by atoms with E-state index < -0.39 is 54.0 Å². The summed E-state index contributed by atoms with van der Waals surface area (Å²) in [6.45, 7) is 4.84. The van der Waals surface area contributed by atoms with Crippen molar-refractivity contribution in [3.8, 4) is 0 Å². The quantitative estimate of drug-likeness (QED) is 0.382. The van der Waals surface area contributed by atoms with Crippen LogP contribution in [0, 0.1) is 0 Å². The molecule has 0 bridgehead atoms. The molecule has 0 saturated heterocycles. The second kappa shape index (κ2) is 11.0. The fraction of sp³-hybridized carbons (Fsp3) is 0.688. The molecule has 0 aliphatic heterocycles. The van der Waals surface area contributed by atoms with Crippen molar-refractivity contribution in [2.45, 2.75) is 64.1 Å². The summed E-state index contributed by atoms with van der Waals surface area (Å²) >= 11 is 0. The topological polar surface area (TPSA) is 168 Å². The number of esters is 1. The van der Waals surface area contributed by atoms with Gasteiger partial charge in [-0.05, 0) is 33.6 Å². The maximum atomic E-state index is 12.4. The predicted octanol–water partition coefficient (Wildman–Crippen LogP) is 0.267. The van der Waals surface area contributed by atoms with E-state index >= 15 is 0 Å². The fourth-order valence-corrected chi connectivity index (χ4v) is 1.88. The van der Waals surface area contributed by atoms with Crippen molar-refractivity contribution in [2.24, 2.45) is 0 Å². The Bertz CT molecular complexity index is 569. The van der Waals surface area contributed by atoms with Gasteiger partial charge in [-0.2, -0.15) is 0 Å². The average molecular weight is 390 g/mol. The average Bonchev–Trinajstić information content (AvgIpc) is 2.52. The van der Waals surface area contributed by atoms with Crippen LogP contribution < -0.4 is 10.6 Å². The zero-order chi connectivity index (χ0) is 21.2. The van der Waals surface area contributed by atoms with Crippen LogP contribution in [-0.4, -0.2) is 64.9 Å². The molecule has 0 aliphatic carbocycles. The number of carbonyl (C=O) groups excluding carboxylic acids is 3. The molecule has 154 valence electrons. The number of carboxylic acid groups (broad SMARTS) is 2. The van der Waals surface area contributed by atoms with Crippen molar-refractivity contribution < 1.29 is 43.7 Å². The zero-order valence-corrected chi connectivity index (χ0v) is 15.7. The van der Waals surface area contributed by atoms with Gasteiger partial charge in [-0.15, -0.1) is 0 Å². The number of hydrogen-bond donors (Lipinski definition) is 4. The van der Waals surface area contributed by atoms with Crippen LogP contribution in [0.15, 0.2) is 0 Å². The van der Waals surface area contributed by atoms with Crippen molar-refractivity contribution in [1.82, 2.24) is 10.6 Å². The summed E-state index contributed by atoms with van der Waals surface area (Å²) in [6.07, 6.45) is -2.11. The highest BCUT2D eigenvalue weighted by molar-refractivity contribution is 5.89. The number of alkyl carbamates (subject to hydrolysis) is 1. The summed E-state index contributed by atoms with van der Waals surface area (Å²) in [5, 5.41) is 22.2. The van der Waals surface area contributed by atoms with E-state index in [1.54, 1.807) is 20.8 Å². The number of aliphatic carboxylic acids is 2. The fourth-order valence-electron chi connectivity index (χ4n) is 1.88. The highest BCUT2D eigenvalue weighted by Crippen LogP contribution is 2.09. The Labute approximate surface area is 156 Å². The van der Waals surface area contributed by atoms with Gasteiger partial charge in [0, 0.05) is 12.8 Å². The Morgan fingerprint density at radius 2 is 1.48 bits per heavy atom. The van der Waals surface area contributed by atoms with Crippen LogP contribution in [0.2, 0.25) is 0 Å². The van der Waals surface area contributed by atoms with Crippen molar-refractivity contribution in [1.29, 1.82) is 0 Å². The van der Waals surface area contributed by atoms with Gasteiger partial charge < -0.3 is 30.3 Å². The highest BCUT2D eigenvalue weighted by atomic mass is 16.6. The van der Waals surface area contributed by atoms with E-state index in [4.69, 9.17) is 14.9 Å². The van der Waals surface area contributed by atoms with Crippen LogP contribution in [0.4, 0.5) is 4.79 Å². The molecule has 0 heterocycles.